The van der Waals surface area contributed by atoms with Crippen molar-refractivity contribution in [3.8, 4) is 5.75 Å². The third kappa shape index (κ3) is 4.32. The Morgan fingerprint density at radius 1 is 1.03 bits per heavy atom. The fraction of sp³-hybridized carbons (Fsp3) is 0.0417. The lowest BCUT2D eigenvalue weighted by molar-refractivity contribution is -0.113. The molecule has 0 spiro atoms. The van der Waals surface area contributed by atoms with E-state index < -0.39 is 26.9 Å². The van der Waals surface area contributed by atoms with Crippen LogP contribution in [-0.4, -0.2) is 42.9 Å². The molecule has 2 N–H and O–H groups in total. The van der Waals surface area contributed by atoms with Crippen molar-refractivity contribution in [2.24, 2.45) is 4.99 Å². The van der Waals surface area contributed by atoms with Crippen molar-refractivity contribution in [2.45, 2.75) is 4.90 Å². The molecular formula is C24H18N2O7S. The average Bonchev–Trinajstić information content (AvgIpc) is 3.14. The first-order valence-corrected chi connectivity index (χ1v) is 11.3. The first kappa shape index (κ1) is 22.9. The van der Waals surface area contributed by atoms with Crippen LogP contribution in [0, 0.1) is 0 Å². The highest BCUT2D eigenvalue weighted by Gasteiger charge is 2.35. The minimum atomic E-state index is -4.67. The molecule has 1 amide bonds. The van der Waals surface area contributed by atoms with Gasteiger partial charge in [-0.1, -0.05) is 48.5 Å². The molecule has 0 aliphatic carbocycles. The first-order valence-electron chi connectivity index (χ1n) is 9.89. The number of carbonyl (C=O) groups is 2. The van der Waals surface area contributed by atoms with Gasteiger partial charge in [0.15, 0.2) is 0 Å². The Balaban J connectivity index is 1.95. The van der Waals surface area contributed by atoms with Crippen LogP contribution in [0.15, 0.2) is 88.4 Å². The molecule has 3 aromatic carbocycles. The number of hydrogen-bond donors (Lipinski definition) is 2. The smallest absolute Gasteiger partial charge is 0.337 e. The van der Waals surface area contributed by atoms with Crippen LogP contribution in [0.4, 0.5) is 5.69 Å². The fourth-order valence-electron chi connectivity index (χ4n) is 3.49. The number of nitrogens with zero attached hydrogens (tertiary/aromatic N) is 2. The highest BCUT2D eigenvalue weighted by Crippen LogP contribution is 2.33. The number of carbonyl (C=O) groups excluding carboxylic acids is 1. The lowest BCUT2D eigenvalue weighted by Crippen LogP contribution is -2.34. The number of hydrogen-bond acceptors (Lipinski definition) is 6. The molecule has 1 aliphatic heterocycles. The van der Waals surface area contributed by atoms with Crippen LogP contribution in [0.5, 0.6) is 5.75 Å². The zero-order valence-corrected chi connectivity index (χ0v) is 18.6. The van der Waals surface area contributed by atoms with E-state index in [0.29, 0.717) is 16.9 Å². The maximum absolute atomic E-state index is 13.5. The van der Waals surface area contributed by atoms with Crippen molar-refractivity contribution < 1.29 is 32.4 Å². The lowest BCUT2D eigenvalue weighted by atomic mass is 10.1. The summed E-state index contributed by atoms with van der Waals surface area (Å²) < 4.78 is 38.3. The van der Waals surface area contributed by atoms with Crippen LogP contribution in [0.3, 0.4) is 0 Å². The third-order valence-corrected chi connectivity index (χ3v) is 5.91. The molecule has 4 rings (SSSR count). The van der Waals surface area contributed by atoms with Gasteiger partial charge in [-0.3, -0.25) is 14.2 Å². The minimum Gasteiger partial charge on any atom is -0.496 e. The zero-order valence-electron chi connectivity index (χ0n) is 17.7. The Labute approximate surface area is 195 Å². The van der Waals surface area contributed by atoms with Gasteiger partial charge in [0.2, 0.25) is 0 Å². The number of benzene rings is 3. The van der Waals surface area contributed by atoms with E-state index in [1.807, 2.05) is 0 Å². The van der Waals surface area contributed by atoms with Crippen molar-refractivity contribution in [1.29, 1.82) is 0 Å². The van der Waals surface area contributed by atoms with Crippen LogP contribution < -0.4 is 9.64 Å². The summed E-state index contributed by atoms with van der Waals surface area (Å²) in [6, 6.07) is 18.4. The fourth-order valence-corrected chi connectivity index (χ4v) is 3.99. The molecule has 3 aromatic rings. The van der Waals surface area contributed by atoms with Gasteiger partial charge in [-0.25, -0.2) is 9.79 Å². The molecule has 172 valence electrons. The Hall–Kier alpha value is -4.28. The molecular weight excluding hydrogens is 460 g/mol. The number of para-hydroxylation sites is 1. The molecule has 0 unspecified atom stereocenters. The van der Waals surface area contributed by atoms with E-state index in [1.54, 1.807) is 54.6 Å². The maximum atomic E-state index is 13.5. The van der Waals surface area contributed by atoms with Crippen molar-refractivity contribution >= 4 is 39.6 Å². The third-order valence-electron chi connectivity index (χ3n) is 5.06. The van der Waals surface area contributed by atoms with Gasteiger partial charge in [0.25, 0.3) is 16.0 Å². The monoisotopic (exact) mass is 478 g/mol. The molecule has 1 heterocycles. The number of rotatable bonds is 6. The van der Waals surface area contributed by atoms with Crippen molar-refractivity contribution in [2.75, 3.05) is 12.0 Å². The SMILES string of the molecule is COc1ccccc1/C=C1\N=C(c2ccccc2)N(c2cc(S(=O)(=O)O)ccc2C(=O)O)C1=O. The predicted octanol–water partition coefficient (Wildman–Crippen LogP) is 3.47. The number of carboxylic acid groups (broad SMARTS) is 1. The summed E-state index contributed by atoms with van der Waals surface area (Å²) in [6.45, 7) is 0. The van der Waals surface area contributed by atoms with Crippen LogP contribution in [0.2, 0.25) is 0 Å². The van der Waals surface area contributed by atoms with Crippen LogP contribution in [-0.2, 0) is 14.9 Å². The highest BCUT2D eigenvalue weighted by molar-refractivity contribution is 7.85. The Bertz CT molecular complexity index is 1460. The molecule has 0 fully saturated rings. The molecule has 10 heteroatoms. The molecule has 0 atom stereocenters. The topological polar surface area (TPSA) is 134 Å². The second-order valence-electron chi connectivity index (χ2n) is 7.17. The second-order valence-corrected chi connectivity index (χ2v) is 8.59. The molecule has 0 saturated heterocycles. The van der Waals surface area contributed by atoms with Gasteiger partial charge >= 0.3 is 5.97 Å². The van der Waals surface area contributed by atoms with Crippen molar-refractivity contribution in [1.82, 2.24) is 0 Å². The van der Waals surface area contributed by atoms with Crippen LogP contribution >= 0.6 is 0 Å². The second kappa shape index (κ2) is 8.93. The highest BCUT2D eigenvalue weighted by atomic mass is 32.2. The van der Waals surface area contributed by atoms with E-state index in [4.69, 9.17) is 4.74 Å². The molecule has 1 aliphatic rings. The summed E-state index contributed by atoms with van der Waals surface area (Å²) >= 11 is 0. The summed E-state index contributed by atoms with van der Waals surface area (Å²) in [5, 5.41) is 9.71. The summed E-state index contributed by atoms with van der Waals surface area (Å²) in [5.74, 6) is -1.47. The normalized spacial score (nSPS) is 14.9. The van der Waals surface area contributed by atoms with E-state index in [1.165, 1.54) is 13.2 Å². The minimum absolute atomic E-state index is 0.0167. The van der Waals surface area contributed by atoms with Gasteiger partial charge in [0.1, 0.15) is 17.3 Å². The van der Waals surface area contributed by atoms with Crippen molar-refractivity contribution in [3.63, 3.8) is 0 Å². The molecule has 9 nitrogen and oxygen atoms in total. The standard InChI is InChI=1S/C24H18N2O7S/c1-33-21-10-6-5-9-16(21)13-19-23(27)26(22(25-19)15-7-3-2-4-8-15)20-14-17(34(30,31)32)11-12-18(20)24(28)29/h2-14H,1H3,(H,28,29)(H,30,31,32)/b19-13-. The number of methoxy groups -OCH3 is 1. The number of ether oxygens (including phenoxy) is 1. The zero-order chi connectivity index (χ0) is 24.5. The predicted molar refractivity (Wildman–Crippen MR) is 125 cm³/mol. The molecule has 0 radical (unpaired) electrons. The Morgan fingerprint density at radius 3 is 2.35 bits per heavy atom. The molecule has 0 saturated carbocycles. The van der Waals surface area contributed by atoms with E-state index in [0.717, 1.165) is 23.1 Å². The summed E-state index contributed by atoms with van der Waals surface area (Å²) in [5.41, 5.74) is 0.447. The maximum Gasteiger partial charge on any atom is 0.337 e. The molecule has 0 aromatic heterocycles. The number of aromatic carboxylic acids is 1. The number of carboxylic acids is 1. The van der Waals surface area contributed by atoms with Crippen LogP contribution in [0.25, 0.3) is 6.08 Å². The van der Waals surface area contributed by atoms with Crippen LogP contribution in [0.1, 0.15) is 21.5 Å². The van der Waals surface area contributed by atoms with E-state index in [-0.39, 0.29) is 22.8 Å². The Morgan fingerprint density at radius 2 is 1.71 bits per heavy atom. The summed E-state index contributed by atoms with van der Waals surface area (Å²) in [7, 11) is -3.19. The van der Waals surface area contributed by atoms with Gasteiger partial charge in [0.05, 0.1) is 23.3 Å². The molecule has 0 bridgehead atoms. The van der Waals surface area contributed by atoms with Gasteiger partial charge in [-0.15, -0.1) is 0 Å². The van der Waals surface area contributed by atoms with Crippen molar-refractivity contribution in [3.05, 3.63) is 95.2 Å². The number of amidine groups is 1. The van der Waals surface area contributed by atoms with E-state index in [2.05, 4.69) is 4.99 Å². The quantitative estimate of drug-likeness (QED) is 0.409. The molecule has 34 heavy (non-hydrogen) atoms. The van der Waals surface area contributed by atoms with Gasteiger partial charge in [-0.05, 0) is 30.3 Å². The van der Waals surface area contributed by atoms with E-state index in [9.17, 15) is 27.7 Å². The number of anilines is 1. The summed E-state index contributed by atoms with van der Waals surface area (Å²) in [4.78, 5) is 30.4. The number of amides is 1. The summed E-state index contributed by atoms with van der Waals surface area (Å²) in [6.07, 6.45) is 1.50. The Kier molecular flexibility index (Phi) is 6.01. The van der Waals surface area contributed by atoms with E-state index >= 15 is 0 Å². The lowest BCUT2D eigenvalue weighted by Gasteiger charge is -2.21. The largest absolute Gasteiger partial charge is 0.496 e. The van der Waals surface area contributed by atoms with Gasteiger partial charge in [-0.2, -0.15) is 8.42 Å². The van der Waals surface area contributed by atoms with Gasteiger partial charge in [0, 0.05) is 11.1 Å². The average molecular weight is 478 g/mol. The first-order chi connectivity index (χ1) is 16.2. The number of aliphatic imine (C=N–C) groups is 1. The van der Waals surface area contributed by atoms with Gasteiger partial charge < -0.3 is 9.84 Å².